The van der Waals surface area contributed by atoms with Crippen molar-refractivity contribution in [3.8, 4) is 11.5 Å². The molecule has 0 aliphatic carbocycles. The highest BCUT2D eigenvalue weighted by atomic mass is 16.5. The molecule has 1 aromatic heterocycles. The number of nitrogens with two attached hydrogens (primary N) is 1. The van der Waals surface area contributed by atoms with E-state index in [1.165, 1.54) is 22.0 Å². The van der Waals surface area contributed by atoms with Gasteiger partial charge in [0.25, 0.3) is 0 Å². The average Bonchev–Trinajstić information content (AvgIpc) is 3.03. The number of ether oxygens (including phenoxy) is 2. The van der Waals surface area contributed by atoms with Gasteiger partial charge in [-0.25, -0.2) is 0 Å². The van der Waals surface area contributed by atoms with Crippen molar-refractivity contribution < 1.29 is 9.47 Å². The highest BCUT2D eigenvalue weighted by Crippen LogP contribution is 2.45. The zero-order valence-corrected chi connectivity index (χ0v) is 15.3. The molecule has 2 N–H and O–H groups in total. The minimum Gasteiger partial charge on any atom is -0.492 e. The Kier molecular flexibility index (Phi) is 3.80. The molecule has 4 aromatic rings. The molecule has 5 rings (SSSR count). The first-order valence-electron chi connectivity index (χ1n) is 9.36. The standard InChI is InChI=1S/C23H22N2O2/c1-15-12-17-22-18(8-5-9-20(22)26-11-10-24)25-19(16-6-3-2-4-7-16)14-27-21(13-15)23(17)25/h2-9,12-13,19H,10-11,14,24H2,1H3/t19-/m1/s1. The Morgan fingerprint density at radius 3 is 2.78 bits per heavy atom. The SMILES string of the molecule is Cc1cc2c3c(c1)c1c(OCCN)cccc1n3[C@@H](c1ccccc1)CO2. The molecule has 0 fully saturated rings. The molecule has 0 saturated carbocycles. The summed E-state index contributed by atoms with van der Waals surface area (Å²) in [6, 6.07) is 21.3. The van der Waals surface area contributed by atoms with Crippen molar-refractivity contribution in [1.82, 2.24) is 4.57 Å². The van der Waals surface area contributed by atoms with Gasteiger partial charge in [-0.2, -0.15) is 0 Å². The Morgan fingerprint density at radius 2 is 1.96 bits per heavy atom. The van der Waals surface area contributed by atoms with Crippen molar-refractivity contribution in [1.29, 1.82) is 0 Å². The lowest BCUT2D eigenvalue weighted by Crippen LogP contribution is -2.22. The second-order valence-electron chi connectivity index (χ2n) is 7.05. The lowest BCUT2D eigenvalue weighted by molar-refractivity contribution is 0.262. The van der Waals surface area contributed by atoms with Gasteiger partial charge < -0.3 is 19.8 Å². The smallest absolute Gasteiger partial charge is 0.144 e. The van der Waals surface area contributed by atoms with Crippen molar-refractivity contribution >= 4 is 21.8 Å². The van der Waals surface area contributed by atoms with Crippen LogP contribution in [0.4, 0.5) is 0 Å². The first-order valence-corrected chi connectivity index (χ1v) is 9.36. The van der Waals surface area contributed by atoms with Gasteiger partial charge in [-0.15, -0.1) is 0 Å². The van der Waals surface area contributed by atoms with E-state index in [0.29, 0.717) is 19.8 Å². The zero-order valence-electron chi connectivity index (χ0n) is 15.3. The molecule has 0 spiro atoms. The van der Waals surface area contributed by atoms with E-state index in [1.807, 2.05) is 12.1 Å². The van der Waals surface area contributed by atoms with Gasteiger partial charge in [0.05, 0.1) is 17.1 Å². The van der Waals surface area contributed by atoms with E-state index in [-0.39, 0.29) is 6.04 Å². The number of hydrogen-bond donors (Lipinski definition) is 1. The minimum absolute atomic E-state index is 0.131. The van der Waals surface area contributed by atoms with Gasteiger partial charge in [0.15, 0.2) is 0 Å². The predicted octanol–water partition coefficient (Wildman–Crippen LogP) is 4.42. The van der Waals surface area contributed by atoms with E-state index < -0.39 is 0 Å². The van der Waals surface area contributed by atoms with Gasteiger partial charge in [-0.05, 0) is 42.3 Å². The highest BCUT2D eigenvalue weighted by Gasteiger charge is 2.28. The van der Waals surface area contributed by atoms with Gasteiger partial charge in [-0.3, -0.25) is 0 Å². The quantitative estimate of drug-likeness (QED) is 0.587. The van der Waals surface area contributed by atoms with Gasteiger partial charge >= 0.3 is 0 Å². The Hall–Kier alpha value is -2.98. The molecule has 0 radical (unpaired) electrons. The van der Waals surface area contributed by atoms with Crippen molar-refractivity contribution in [2.75, 3.05) is 19.8 Å². The summed E-state index contributed by atoms with van der Waals surface area (Å²) >= 11 is 0. The third-order valence-corrected chi connectivity index (χ3v) is 5.26. The number of benzene rings is 3. The van der Waals surface area contributed by atoms with Gasteiger partial charge in [-0.1, -0.05) is 36.4 Å². The van der Waals surface area contributed by atoms with E-state index in [4.69, 9.17) is 15.2 Å². The number of aryl methyl sites for hydroxylation is 1. The molecule has 3 aromatic carbocycles. The first-order chi connectivity index (χ1) is 13.3. The molecule has 1 aliphatic heterocycles. The van der Waals surface area contributed by atoms with Crippen LogP contribution in [-0.2, 0) is 0 Å². The number of hydrogen-bond acceptors (Lipinski definition) is 3. The maximum absolute atomic E-state index is 6.21. The van der Waals surface area contributed by atoms with E-state index in [0.717, 1.165) is 22.4 Å². The molecule has 1 atom stereocenters. The second kappa shape index (κ2) is 6.32. The summed E-state index contributed by atoms with van der Waals surface area (Å²) in [4.78, 5) is 0. The molecule has 4 nitrogen and oxygen atoms in total. The van der Waals surface area contributed by atoms with Crippen LogP contribution in [-0.4, -0.2) is 24.3 Å². The number of rotatable bonds is 4. The van der Waals surface area contributed by atoms with E-state index in [9.17, 15) is 0 Å². The van der Waals surface area contributed by atoms with Crippen molar-refractivity contribution in [3.63, 3.8) is 0 Å². The van der Waals surface area contributed by atoms with E-state index >= 15 is 0 Å². The fourth-order valence-electron chi connectivity index (χ4n) is 4.18. The molecular formula is C23H22N2O2. The maximum Gasteiger partial charge on any atom is 0.144 e. The molecule has 4 heteroatoms. The van der Waals surface area contributed by atoms with E-state index in [2.05, 4.69) is 60.0 Å². The van der Waals surface area contributed by atoms with Crippen LogP contribution in [0, 0.1) is 6.92 Å². The summed E-state index contributed by atoms with van der Waals surface area (Å²) in [6.45, 7) is 3.72. The highest BCUT2D eigenvalue weighted by molar-refractivity contribution is 6.13. The Balaban J connectivity index is 1.86. The average molecular weight is 358 g/mol. The summed E-state index contributed by atoms with van der Waals surface area (Å²) in [5.74, 6) is 1.82. The lowest BCUT2D eigenvalue weighted by Gasteiger charge is -2.27. The molecule has 136 valence electrons. The van der Waals surface area contributed by atoms with Crippen LogP contribution in [0.25, 0.3) is 21.8 Å². The van der Waals surface area contributed by atoms with E-state index in [1.54, 1.807) is 0 Å². The summed E-state index contributed by atoms with van der Waals surface area (Å²) < 4.78 is 14.6. The Labute approximate surface area is 158 Å². The largest absolute Gasteiger partial charge is 0.492 e. The lowest BCUT2D eigenvalue weighted by atomic mass is 10.1. The van der Waals surface area contributed by atoms with Crippen LogP contribution in [0.3, 0.4) is 0 Å². The number of aromatic nitrogens is 1. The van der Waals surface area contributed by atoms with Gasteiger partial charge in [0, 0.05) is 17.3 Å². The third kappa shape index (κ3) is 2.48. The molecule has 0 saturated heterocycles. The van der Waals surface area contributed by atoms with Crippen molar-refractivity contribution in [3.05, 3.63) is 71.8 Å². The zero-order chi connectivity index (χ0) is 18.4. The second-order valence-corrected chi connectivity index (χ2v) is 7.05. The van der Waals surface area contributed by atoms with Crippen molar-refractivity contribution in [2.45, 2.75) is 13.0 Å². The fraction of sp³-hybridized carbons (Fsp3) is 0.217. The monoisotopic (exact) mass is 358 g/mol. The van der Waals surface area contributed by atoms with Crippen molar-refractivity contribution in [2.24, 2.45) is 5.73 Å². The van der Waals surface area contributed by atoms with Gasteiger partial charge in [0.2, 0.25) is 0 Å². The van der Waals surface area contributed by atoms with Crippen LogP contribution >= 0.6 is 0 Å². The normalized spacial score (nSPS) is 15.9. The maximum atomic E-state index is 6.21. The predicted molar refractivity (Wildman–Crippen MR) is 109 cm³/mol. The molecule has 0 bridgehead atoms. The molecule has 2 heterocycles. The third-order valence-electron chi connectivity index (χ3n) is 5.26. The molecule has 27 heavy (non-hydrogen) atoms. The summed E-state index contributed by atoms with van der Waals surface area (Å²) in [7, 11) is 0. The topological polar surface area (TPSA) is 49.4 Å². The van der Waals surface area contributed by atoms with Crippen LogP contribution in [0.1, 0.15) is 17.2 Å². The fourth-order valence-corrected chi connectivity index (χ4v) is 4.18. The Bertz CT molecular complexity index is 1130. The molecular weight excluding hydrogens is 336 g/mol. The summed E-state index contributed by atoms with van der Waals surface area (Å²) in [6.07, 6.45) is 0. The molecule has 0 amide bonds. The minimum atomic E-state index is 0.131. The summed E-state index contributed by atoms with van der Waals surface area (Å²) in [5.41, 5.74) is 10.4. The Morgan fingerprint density at radius 1 is 1.11 bits per heavy atom. The number of fused-ring (bicyclic) bond motifs is 3. The number of nitrogens with zero attached hydrogens (tertiary/aromatic N) is 1. The summed E-state index contributed by atoms with van der Waals surface area (Å²) in [5, 5.41) is 2.31. The molecule has 1 aliphatic rings. The van der Waals surface area contributed by atoms with Crippen LogP contribution in [0.5, 0.6) is 11.5 Å². The van der Waals surface area contributed by atoms with Crippen LogP contribution in [0.2, 0.25) is 0 Å². The first kappa shape index (κ1) is 16.2. The molecule has 0 unspecified atom stereocenters. The van der Waals surface area contributed by atoms with Crippen LogP contribution < -0.4 is 15.2 Å². The van der Waals surface area contributed by atoms with Gasteiger partial charge in [0.1, 0.15) is 24.7 Å². The van der Waals surface area contributed by atoms with Crippen LogP contribution in [0.15, 0.2) is 60.7 Å².